The molecule has 26 heavy (non-hydrogen) atoms. The van der Waals surface area contributed by atoms with Gasteiger partial charge in [-0.05, 0) is 63.5 Å². The number of hydrazone groups is 1. The highest BCUT2D eigenvalue weighted by molar-refractivity contribution is 9.10. The van der Waals surface area contributed by atoms with Crippen molar-refractivity contribution in [2.75, 3.05) is 5.01 Å². The van der Waals surface area contributed by atoms with E-state index >= 15 is 0 Å². The van der Waals surface area contributed by atoms with Crippen LogP contribution in [0.15, 0.2) is 86.8 Å². The molecule has 0 radical (unpaired) electrons. The Morgan fingerprint density at radius 2 is 1.58 bits per heavy atom. The second kappa shape index (κ2) is 7.55. The van der Waals surface area contributed by atoms with Gasteiger partial charge in [-0.1, -0.05) is 63.9 Å². The van der Waals surface area contributed by atoms with E-state index in [1.165, 1.54) is 5.56 Å². The fraction of sp³-hybridized carbons (Fsp3) is 0.0952. The second-order valence-corrected chi connectivity index (χ2v) is 8.33. The Balaban J connectivity index is 1.77. The molecular formula is C21H15Br2ClN2. The minimum Gasteiger partial charge on any atom is -0.256 e. The molecule has 0 spiro atoms. The Kier molecular flexibility index (Phi) is 5.16. The molecule has 0 amide bonds. The highest BCUT2D eigenvalue weighted by Gasteiger charge is 2.30. The van der Waals surface area contributed by atoms with Crippen LogP contribution in [0, 0.1) is 0 Å². The Morgan fingerprint density at radius 1 is 0.885 bits per heavy atom. The van der Waals surface area contributed by atoms with Crippen molar-refractivity contribution in [3.05, 3.63) is 97.9 Å². The molecule has 1 atom stereocenters. The van der Waals surface area contributed by atoms with E-state index in [9.17, 15) is 0 Å². The number of hydrogen-bond acceptors (Lipinski definition) is 2. The van der Waals surface area contributed by atoms with Gasteiger partial charge in [-0.15, -0.1) is 0 Å². The average molecular weight is 491 g/mol. The third-order valence-corrected chi connectivity index (χ3v) is 5.89. The van der Waals surface area contributed by atoms with Crippen LogP contribution in [0.4, 0.5) is 5.69 Å². The van der Waals surface area contributed by atoms with Crippen molar-refractivity contribution in [1.82, 2.24) is 0 Å². The van der Waals surface area contributed by atoms with Crippen LogP contribution < -0.4 is 5.01 Å². The van der Waals surface area contributed by atoms with Crippen molar-refractivity contribution in [3.8, 4) is 0 Å². The molecule has 0 N–H and O–H groups in total. The first-order valence-corrected chi connectivity index (χ1v) is 10.2. The monoisotopic (exact) mass is 488 g/mol. The second-order valence-electron chi connectivity index (χ2n) is 6.12. The number of nitrogens with zero attached hydrogens (tertiary/aromatic N) is 2. The van der Waals surface area contributed by atoms with E-state index < -0.39 is 0 Å². The molecule has 0 fully saturated rings. The fourth-order valence-corrected chi connectivity index (χ4v) is 3.99. The summed E-state index contributed by atoms with van der Waals surface area (Å²) in [5.74, 6) is 0. The molecule has 1 unspecified atom stereocenters. The molecule has 3 aromatic rings. The summed E-state index contributed by atoms with van der Waals surface area (Å²) in [7, 11) is 0. The van der Waals surface area contributed by atoms with Gasteiger partial charge in [0, 0.05) is 20.4 Å². The maximum atomic E-state index is 6.08. The Hall–Kier alpha value is -1.62. The first-order valence-electron chi connectivity index (χ1n) is 8.24. The lowest BCUT2D eigenvalue weighted by Gasteiger charge is -2.25. The summed E-state index contributed by atoms with van der Waals surface area (Å²) >= 11 is 13.2. The van der Waals surface area contributed by atoms with Crippen LogP contribution in [0.25, 0.3) is 0 Å². The molecule has 130 valence electrons. The molecule has 1 heterocycles. The fourth-order valence-electron chi connectivity index (χ4n) is 3.13. The zero-order chi connectivity index (χ0) is 18.1. The number of anilines is 1. The van der Waals surface area contributed by atoms with Crippen LogP contribution in [-0.4, -0.2) is 5.71 Å². The van der Waals surface area contributed by atoms with Gasteiger partial charge in [0.15, 0.2) is 0 Å². The smallest absolute Gasteiger partial charge is 0.0832 e. The van der Waals surface area contributed by atoms with Gasteiger partial charge in [-0.2, -0.15) is 5.10 Å². The summed E-state index contributed by atoms with van der Waals surface area (Å²) in [6.07, 6.45) is 0.838. The summed E-state index contributed by atoms with van der Waals surface area (Å²) in [5, 5.41) is 7.82. The van der Waals surface area contributed by atoms with E-state index in [1.807, 2.05) is 30.3 Å². The van der Waals surface area contributed by atoms with Gasteiger partial charge >= 0.3 is 0 Å². The molecule has 0 aromatic heterocycles. The lowest BCUT2D eigenvalue weighted by Crippen LogP contribution is -2.18. The quantitative estimate of drug-likeness (QED) is 0.378. The Morgan fingerprint density at radius 3 is 2.27 bits per heavy atom. The van der Waals surface area contributed by atoms with Gasteiger partial charge in [0.05, 0.1) is 17.4 Å². The first-order chi connectivity index (χ1) is 12.6. The highest BCUT2D eigenvalue weighted by Crippen LogP contribution is 2.40. The van der Waals surface area contributed by atoms with E-state index in [-0.39, 0.29) is 6.04 Å². The lowest BCUT2D eigenvalue weighted by atomic mass is 9.98. The van der Waals surface area contributed by atoms with Crippen LogP contribution in [0.3, 0.4) is 0 Å². The summed E-state index contributed by atoms with van der Waals surface area (Å²) in [6.45, 7) is 0. The van der Waals surface area contributed by atoms with Gasteiger partial charge < -0.3 is 0 Å². The van der Waals surface area contributed by atoms with Crippen LogP contribution in [0.1, 0.15) is 23.6 Å². The molecule has 5 heteroatoms. The van der Waals surface area contributed by atoms with E-state index in [2.05, 4.69) is 79.3 Å². The summed E-state index contributed by atoms with van der Waals surface area (Å²) in [5.41, 5.74) is 4.47. The van der Waals surface area contributed by atoms with Gasteiger partial charge in [-0.25, -0.2) is 0 Å². The molecule has 0 saturated heterocycles. The van der Waals surface area contributed by atoms with Crippen LogP contribution >= 0.6 is 43.5 Å². The van der Waals surface area contributed by atoms with Crippen molar-refractivity contribution in [1.29, 1.82) is 0 Å². The van der Waals surface area contributed by atoms with Crippen molar-refractivity contribution in [2.45, 2.75) is 12.5 Å². The topological polar surface area (TPSA) is 15.6 Å². The first kappa shape index (κ1) is 17.8. The van der Waals surface area contributed by atoms with Crippen LogP contribution in [0.2, 0.25) is 5.02 Å². The summed E-state index contributed by atoms with van der Waals surface area (Å²) < 4.78 is 2.09. The van der Waals surface area contributed by atoms with E-state index in [0.717, 1.165) is 37.4 Å². The van der Waals surface area contributed by atoms with E-state index in [1.54, 1.807) is 0 Å². The van der Waals surface area contributed by atoms with Crippen molar-refractivity contribution in [2.24, 2.45) is 5.10 Å². The maximum Gasteiger partial charge on any atom is 0.0832 e. The van der Waals surface area contributed by atoms with Gasteiger partial charge in [0.1, 0.15) is 0 Å². The Bertz CT molecular complexity index is 953. The summed E-state index contributed by atoms with van der Waals surface area (Å²) in [6, 6.07) is 24.6. The number of hydrogen-bond donors (Lipinski definition) is 0. The van der Waals surface area contributed by atoms with Gasteiger partial charge in [0.25, 0.3) is 0 Å². The normalized spacial score (nSPS) is 16.7. The molecule has 3 aromatic carbocycles. The number of halogens is 3. The third kappa shape index (κ3) is 3.59. The average Bonchev–Trinajstić information content (AvgIpc) is 3.08. The molecule has 0 bridgehead atoms. The van der Waals surface area contributed by atoms with E-state index in [4.69, 9.17) is 16.7 Å². The van der Waals surface area contributed by atoms with Crippen molar-refractivity contribution in [3.63, 3.8) is 0 Å². The van der Waals surface area contributed by atoms with Crippen LogP contribution in [0.5, 0.6) is 0 Å². The van der Waals surface area contributed by atoms with Crippen molar-refractivity contribution >= 4 is 54.9 Å². The molecular weight excluding hydrogens is 476 g/mol. The minimum absolute atomic E-state index is 0.129. The van der Waals surface area contributed by atoms with Gasteiger partial charge in [0.2, 0.25) is 0 Å². The Labute approximate surface area is 174 Å². The number of rotatable bonds is 3. The largest absolute Gasteiger partial charge is 0.256 e. The SMILES string of the molecule is Clc1ccc(C2CC(c3ccc(Br)cc3)=NN2c2ccccc2Br)cc1. The zero-order valence-corrected chi connectivity index (χ0v) is 17.7. The summed E-state index contributed by atoms with van der Waals surface area (Å²) in [4.78, 5) is 0. The third-order valence-electron chi connectivity index (χ3n) is 4.44. The number of para-hydroxylation sites is 1. The maximum absolute atomic E-state index is 6.08. The van der Waals surface area contributed by atoms with E-state index in [0.29, 0.717) is 0 Å². The number of benzene rings is 3. The molecule has 1 aliphatic rings. The van der Waals surface area contributed by atoms with Crippen molar-refractivity contribution < 1.29 is 0 Å². The van der Waals surface area contributed by atoms with Gasteiger partial charge in [-0.3, -0.25) is 5.01 Å². The molecule has 0 aliphatic carbocycles. The molecule has 0 saturated carbocycles. The highest BCUT2D eigenvalue weighted by atomic mass is 79.9. The molecule has 4 rings (SSSR count). The predicted molar refractivity (Wildman–Crippen MR) is 116 cm³/mol. The predicted octanol–water partition coefficient (Wildman–Crippen LogP) is 7.22. The lowest BCUT2D eigenvalue weighted by molar-refractivity contribution is 0.707. The van der Waals surface area contributed by atoms with Crippen LogP contribution in [-0.2, 0) is 0 Å². The standard InChI is InChI=1S/C21H15Br2ClN2/c22-16-9-5-14(6-10-16)19-13-21(15-7-11-17(24)12-8-15)26(25-19)20-4-2-1-3-18(20)23/h1-12,21H,13H2. The minimum atomic E-state index is 0.129. The molecule has 1 aliphatic heterocycles. The zero-order valence-electron chi connectivity index (χ0n) is 13.7. The molecule has 2 nitrogen and oxygen atoms in total.